The predicted octanol–water partition coefficient (Wildman–Crippen LogP) is 8.38. The Hall–Kier alpha value is 0.430. The van der Waals surface area contributed by atoms with Gasteiger partial charge in [0.1, 0.15) is 0 Å². The van der Waals surface area contributed by atoms with Crippen LogP contribution in [-0.2, 0) is 0 Å². The molecule has 0 aromatic rings. The highest BCUT2D eigenvalue weighted by Crippen LogP contribution is 2.39. The lowest BCUT2D eigenvalue weighted by molar-refractivity contribution is 0.621. The molecule has 0 saturated carbocycles. The number of rotatable bonds is 18. The van der Waals surface area contributed by atoms with Gasteiger partial charge in [0.25, 0.3) is 0 Å². The predicted molar refractivity (Wildman–Crippen MR) is 108 cm³/mol. The molecule has 1 heteroatoms. The van der Waals surface area contributed by atoms with Crippen molar-refractivity contribution in [1.82, 2.24) is 0 Å². The fourth-order valence-electron chi connectivity index (χ4n) is 3.15. The lowest BCUT2D eigenvalue weighted by atomic mass is 10.1. The van der Waals surface area contributed by atoms with Crippen LogP contribution in [0.15, 0.2) is 0 Å². The van der Waals surface area contributed by atoms with E-state index in [4.69, 9.17) is 0 Å². The Morgan fingerprint density at radius 2 is 0.636 bits per heavy atom. The van der Waals surface area contributed by atoms with E-state index in [2.05, 4.69) is 20.8 Å². The average molecular weight is 329 g/mol. The maximum atomic E-state index is 2.34. The van der Waals surface area contributed by atoms with Crippen LogP contribution in [0.5, 0.6) is 0 Å². The number of unbranched alkanes of at least 4 members (excludes halogenated alkanes) is 12. The van der Waals surface area contributed by atoms with E-state index in [1.165, 1.54) is 96.3 Å². The summed E-state index contributed by atoms with van der Waals surface area (Å²) < 4.78 is 0. The lowest BCUT2D eigenvalue weighted by Gasteiger charge is -2.18. The highest BCUT2D eigenvalue weighted by atomic mass is 31.1. The molecule has 0 fully saturated rings. The molecule has 0 spiro atoms. The molecule has 0 heterocycles. The minimum Gasteiger partial charge on any atom is -0.107 e. The molecule has 0 bridgehead atoms. The van der Waals surface area contributed by atoms with E-state index in [9.17, 15) is 0 Å². The molecule has 0 amide bonds. The van der Waals surface area contributed by atoms with E-state index in [0.717, 1.165) is 0 Å². The van der Waals surface area contributed by atoms with Gasteiger partial charge in [-0.3, -0.25) is 0 Å². The lowest BCUT2D eigenvalue weighted by Crippen LogP contribution is -1.97. The van der Waals surface area contributed by atoms with Crippen molar-refractivity contribution in [3.63, 3.8) is 0 Å². The van der Waals surface area contributed by atoms with Gasteiger partial charge in [-0.25, -0.2) is 0 Å². The molecule has 22 heavy (non-hydrogen) atoms. The van der Waals surface area contributed by atoms with Crippen molar-refractivity contribution in [2.24, 2.45) is 0 Å². The molecular formula is C21H45P. The molecule has 134 valence electrons. The second-order valence-corrected chi connectivity index (χ2v) is 9.77. The molecule has 0 aromatic carbocycles. The molecule has 0 N–H and O–H groups in total. The molecular weight excluding hydrogens is 283 g/mol. The van der Waals surface area contributed by atoms with Crippen LogP contribution in [0.25, 0.3) is 0 Å². The monoisotopic (exact) mass is 328 g/mol. The summed E-state index contributed by atoms with van der Waals surface area (Å²) >= 11 is 0. The zero-order chi connectivity index (χ0) is 16.3. The summed E-state index contributed by atoms with van der Waals surface area (Å²) in [6.07, 6.45) is 26.7. The summed E-state index contributed by atoms with van der Waals surface area (Å²) in [7, 11) is 0.379. The van der Waals surface area contributed by atoms with Crippen molar-refractivity contribution >= 4 is 7.92 Å². The van der Waals surface area contributed by atoms with E-state index in [1.54, 1.807) is 18.5 Å². The normalized spacial score (nSPS) is 11.5. The number of hydrogen-bond acceptors (Lipinski definition) is 0. The van der Waals surface area contributed by atoms with Gasteiger partial charge < -0.3 is 0 Å². The third-order valence-corrected chi connectivity index (χ3v) is 7.58. The van der Waals surface area contributed by atoms with Crippen molar-refractivity contribution in [3.05, 3.63) is 0 Å². The molecule has 0 atom stereocenters. The molecule has 0 unspecified atom stereocenters. The molecule has 0 aliphatic carbocycles. The second kappa shape index (κ2) is 19.5. The van der Waals surface area contributed by atoms with Gasteiger partial charge in [-0.1, -0.05) is 97.8 Å². The Kier molecular flexibility index (Phi) is 19.9. The Balaban J connectivity index is 3.65. The highest BCUT2D eigenvalue weighted by molar-refractivity contribution is 7.57. The Labute approximate surface area is 144 Å². The van der Waals surface area contributed by atoms with Crippen LogP contribution < -0.4 is 0 Å². The van der Waals surface area contributed by atoms with Gasteiger partial charge in [-0.05, 0) is 37.7 Å². The molecule has 0 radical (unpaired) electrons. The van der Waals surface area contributed by atoms with E-state index < -0.39 is 0 Å². The minimum atomic E-state index is 0.379. The first-order chi connectivity index (χ1) is 10.8. The van der Waals surface area contributed by atoms with Gasteiger partial charge in [-0.2, -0.15) is 0 Å². The van der Waals surface area contributed by atoms with Gasteiger partial charge in [0.05, 0.1) is 0 Å². The maximum absolute atomic E-state index is 2.34. The van der Waals surface area contributed by atoms with Crippen LogP contribution >= 0.6 is 7.92 Å². The van der Waals surface area contributed by atoms with E-state index in [0.29, 0.717) is 7.92 Å². The maximum Gasteiger partial charge on any atom is -0.0326 e. The van der Waals surface area contributed by atoms with E-state index in [-0.39, 0.29) is 0 Å². The quantitative estimate of drug-likeness (QED) is 0.175. The first kappa shape index (κ1) is 22.4. The van der Waals surface area contributed by atoms with Gasteiger partial charge in [0.2, 0.25) is 0 Å². The van der Waals surface area contributed by atoms with Crippen molar-refractivity contribution in [2.45, 2.75) is 117 Å². The highest BCUT2D eigenvalue weighted by Gasteiger charge is 2.07. The molecule has 0 saturated heterocycles. The zero-order valence-electron chi connectivity index (χ0n) is 16.2. The minimum absolute atomic E-state index is 0.379. The summed E-state index contributed by atoms with van der Waals surface area (Å²) in [6, 6.07) is 0. The molecule has 0 rings (SSSR count). The van der Waals surface area contributed by atoms with Gasteiger partial charge >= 0.3 is 0 Å². The van der Waals surface area contributed by atoms with Crippen LogP contribution in [0.3, 0.4) is 0 Å². The molecule has 0 nitrogen and oxygen atoms in total. The van der Waals surface area contributed by atoms with Crippen LogP contribution in [-0.4, -0.2) is 18.5 Å². The fourth-order valence-corrected chi connectivity index (χ4v) is 5.84. The van der Waals surface area contributed by atoms with E-state index in [1.807, 2.05) is 0 Å². The first-order valence-electron chi connectivity index (χ1n) is 10.6. The fraction of sp³-hybridized carbons (Fsp3) is 1.00. The second-order valence-electron chi connectivity index (χ2n) is 7.08. The Morgan fingerprint density at radius 1 is 0.364 bits per heavy atom. The first-order valence-corrected chi connectivity index (χ1v) is 12.5. The van der Waals surface area contributed by atoms with Crippen molar-refractivity contribution in [1.29, 1.82) is 0 Å². The van der Waals surface area contributed by atoms with Gasteiger partial charge in [-0.15, -0.1) is 7.92 Å². The summed E-state index contributed by atoms with van der Waals surface area (Å²) in [5.74, 6) is 0. The van der Waals surface area contributed by atoms with Crippen LogP contribution in [0.2, 0.25) is 0 Å². The van der Waals surface area contributed by atoms with Crippen LogP contribution in [0, 0.1) is 0 Å². The van der Waals surface area contributed by atoms with E-state index >= 15 is 0 Å². The van der Waals surface area contributed by atoms with Gasteiger partial charge in [0.15, 0.2) is 0 Å². The topological polar surface area (TPSA) is 0 Å². The van der Waals surface area contributed by atoms with Gasteiger partial charge in [0, 0.05) is 0 Å². The third-order valence-electron chi connectivity index (χ3n) is 4.73. The summed E-state index contributed by atoms with van der Waals surface area (Å²) in [6.45, 7) is 6.96. The molecule has 0 aliphatic heterocycles. The van der Waals surface area contributed by atoms with Crippen LogP contribution in [0.1, 0.15) is 117 Å². The Morgan fingerprint density at radius 3 is 1.05 bits per heavy atom. The zero-order valence-corrected chi connectivity index (χ0v) is 17.1. The smallest absolute Gasteiger partial charge is 0.0326 e. The summed E-state index contributed by atoms with van der Waals surface area (Å²) in [5.41, 5.74) is 0. The Bertz CT molecular complexity index is 174. The van der Waals surface area contributed by atoms with Crippen molar-refractivity contribution < 1.29 is 0 Å². The molecule has 0 aromatic heterocycles. The SMILES string of the molecule is CCCCCCCCP(CCCCC)CCCCCCCC. The average Bonchev–Trinajstić information content (AvgIpc) is 2.53. The summed E-state index contributed by atoms with van der Waals surface area (Å²) in [4.78, 5) is 0. The largest absolute Gasteiger partial charge is 0.107 e. The number of hydrogen-bond donors (Lipinski definition) is 0. The van der Waals surface area contributed by atoms with Crippen LogP contribution in [0.4, 0.5) is 0 Å². The molecule has 0 aliphatic rings. The summed E-state index contributed by atoms with van der Waals surface area (Å²) in [5, 5.41) is 0. The third kappa shape index (κ3) is 16.8. The van der Waals surface area contributed by atoms with Crippen molar-refractivity contribution in [3.8, 4) is 0 Å². The van der Waals surface area contributed by atoms with Crippen molar-refractivity contribution in [2.75, 3.05) is 18.5 Å². The standard InChI is InChI=1S/C21H45P/c1-4-7-10-12-14-17-20-22(19-16-9-6-3)21-18-15-13-11-8-5-2/h4-21H2,1-3H3.